The minimum atomic E-state index is -0.108. The van der Waals surface area contributed by atoms with E-state index in [0.717, 1.165) is 27.8 Å². The molecule has 0 aliphatic rings. The Bertz CT molecular complexity index is 637. The lowest BCUT2D eigenvalue weighted by atomic mass is 10.3. The van der Waals surface area contributed by atoms with Crippen molar-refractivity contribution in [3.8, 4) is 0 Å². The van der Waals surface area contributed by atoms with Crippen LogP contribution in [0.2, 0.25) is 0 Å². The number of aryl methyl sites for hydroxylation is 2. The van der Waals surface area contributed by atoms with Crippen LogP contribution in [0.3, 0.4) is 0 Å². The van der Waals surface area contributed by atoms with E-state index in [1.807, 2.05) is 30.5 Å². The molecule has 2 aromatic rings. The van der Waals surface area contributed by atoms with E-state index in [4.69, 9.17) is 4.74 Å². The Hall–Kier alpha value is -1.40. The molecule has 2 heterocycles. The smallest absolute Gasteiger partial charge is 0.270 e. The molecule has 0 aliphatic carbocycles. The fourth-order valence-electron chi connectivity index (χ4n) is 2.16. The summed E-state index contributed by atoms with van der Waals surface area (Å²) in [6, 6.07) is 1.99. The molecule has 0 aromatic carbocycles. The van der Waals surface area contributed by atoms with Gasteiger partial charge in [-0.3, -0.25) is 9.20 Å². The summed E-state index contributed by atoms with van der Waals surface area (Å²) in [6.45, 7) is 5.06. The van der Waals surface area contributed by atoms with Gasteiger partial charge < -0.3 is 10.1 Å². The average Bonchev–Trinajstić information content (AvgIpc) is 2.71. The average molecular weight is 340 g/mol. The second-order valence-electron chi connectivity index (χ2n) is 4.68. The van der Waals surface area contributed by atoms with Gasteiger partial charge in [-0.25, -0.2) is 4.98 Å². The zero-order valence-electron chi connectivity index (χ0n) is 11.9. The minimum absolute atomic E-state index is 0.108. The second kappa shape index (κ2) is 6.37. The van der Waals surface area contributed by atoms with Gasteiger partial charge in [-0.05, 0) is 47.8 Å². The van der Waals surface area contributed by atoms with E-state index in [0.29, 0.717) is 18.8 Å². The molecule has 0 saturated carbocycles. The number of carbonyl (C=O) groups is 1. The van der Waals surface area contributed by atoms with Crippen molar-refractivity contribution in [2.24, 2.45) is 0 Å². The van der Waals surface area contributed by atoms with Crippen molar-refractivity contribution in [1.29, 1.82) is 0 Å². The Morgan fingerprint density at radius 1 is 1.50 bits per heavy atom. The maximum atomic E-state index is 12.3. The van der Waals surface area contributed by atoms with E-state index in [1.54, 1.807) is 7.11 Å². The van der Waals surface area contributed by atoms with E-state index in [-0.39, 0.29) is 5.91 Å². The molecule has 0 spiro atoms. The Labute approximate surface area is 126 Å². The number of pyridine rings is 1. The number of aromatic nitrogens is 2. The van der Waals surface area contributed by atoms with Crippen molar-refractivity contribution in [1.82, 2.24) is 14.7 Å². The molecule has 108 valence electrons. The van der Waals surface area contributed by atoms with Crippen LogP contribution in [0.1, 0.15) is 28.2 Å². The zero-order valence-corrected chi connectivity index (χ0v) is 13.5. The summed E-state index contributed by atoms with van der Waals surface area (Å²) >= 11 is 3.45. The van der Waals surface area contributed by atoms with Gasteiger partial charge in [0, 0.05) is 30.9 Å². The third-order valence-electron chi connectivity index (χ3n) is 3.07. The van der Waals surface area contributed by atoms with Gasteiger partial charge in [-0.1, -0.05) is 0 Å². The molecule has 5 nitrogen and oxygen atoms in total. The highest BCUT2D eigenvalue weighted by molar-refractivity contribution is 9.10. The molecule has 1 N–H and O–H groups in total. The van der Waals surface area contributed by atoms with Crippen molar-refractivity contribution in [3.63, 3.8) is 0 Å². The quantitative estimate of drug-likeness (QED) is 0.851. The molecule has 2 aromatic heterocycles. The largest absolute Gasteiger partial charge is 0.385 e. The number of hydrogen-bond donors (Lipinski definition) is 1. The zero-order chi connectivity index (χ0) is 14.7. The topological polar surface area (TPSA) is 55.6 Å². The summed E-state index contributed by atoms with van der Waals surface area (Å²) in [5.41, 5.74) is 3.16. The van der Waals surface area contributed by atoms with Crippen molar-refractivity contribution in [3.05, 3.63) is 33.7 Å². The summed E-state index contributed by atoms with van der Waals surface area (Å²) in [7, 11) is 1.65. The lowest BCUT2D eigenvalue weighted by Crippen LogP contribution is -2.27. The molecular formula is C14H18BrN3O2. The van der Waals surface area contributed by atoms with Crippen LogP contribution in [0.25, 0.3) is 5.65 Å². The van der Waals surface area contributed by atoms with Crippen LogP contribution >= 0.6 is 15.9 Å². The summed E-state index contributed by atoms with van der Waals surface area (Å²) in [4.78, 5) is 16.8. The highest BCUT2D eigenvalue weighted by Crippen LogP contribution is 2.20. The van der Waals surface area contributed by atoms with Crippen LogP contribution in [0.15, 0.2) is 16.7 Å². The molecular weight excluding hydrogens is 322 g/mol. The number of carbonyl (C=O) groups excluding carboxylic acids is 1. The molecule has 0 fully saturated rings. The number of ether oxygens (including phenoxy) is 1. The Morgan fingerprint density at radius 3 is 2.95 bits per heavy atom. The SMILES string of the molecule is COCCCNC(=O)c1c(C)nc2c(C)cc(Br)cn12. The third-order valence-corrected chi connectivity index (χ3v) is 3.50. The van der Waals surface area contributed by atoms with Crippen molar-refractivity contribution < 1.29 is 9.53 Å². The fraction of sp³-hybridized carbons (Fsp3) is 0.429. The molecule has 0 unspecified atom stereocenters. The molecule has 0 radical (unpaired) electrons. The number of rotatable bonds is 5. The molecule has 0 aliphatic heterocycles. The van der Waals surface area contributed by atoms with Crippen LogP contribution in [0.5, 0.6) is 0 Å². The lowest BCUT2D eigenvalue weighted by Gasteiger charge is -2.06. The number of halogens is 1. The molecule has 2 rings (SSSR count). The molecule has 0 atom stereocenters. The van der Waals surface area contributed by atoms with Gasteiger partial charge in [0.15, 0.2) is 0 Å². The number of nitrogens with one attached hydrogen (secondary N) is 1. The van der Waals surface area contributed by atoms with Gasteiger partial charge in [0.25, 0.3) is 5.91 Å². The maximum Gasteiger partial charge on any atom is 0.270 e. The van der Waals surface area contributed by atoms with Gasteiger partial charge in [-0.15, -0.1) is 0 Å². The van der Waals surface area contributed by atoms with Gasteiger partial charge >= 0.3 is 0 Å². The first-order valence-corrected chi connectivity index (χ1v) is 7.26. The number of imidazole rings is 1. The number of methoxy groups -OCH3 is 1. The van der Waals surface area contributed by atoms with Gasteiger partial charge in [-0.2, -0.15) is 0 Å². The van der Waals surface area contributed by atoms with Crippen LogP contribution in [0.4, 0.5) is 0 Å². The Morgan fingerprint density at radius 2 is 2.25 bits per heavy atom. The third kappa shape index (κ3) is 3.02. The van der Waals surface area contributed by atoms with Crippen LogP contribution in [-0.4, -0.2) is 35.6 Å². The molecule has 6 heteroatoms. The number of fused-ring (bicyclic) bond motifs is 1. The summed E-state index contributed by atoms with van der Waals surface area (Å²) in [5.74, 6) is -0.108. The maximum absolute atomic E-state index is 12.3. The first kappa shape index (κ1) is 15.0. The van der Waals surface area contributed by atoms with Gasteiger partial charge in [0.1, 0.15) is 11.3 Å². The fourth-order valence-corrected chi connectivity index (χ4v) is 2.71. The predicted molar refractivity (Wildman–Crippen MR) is 81.2 cm³/mol. The molecule has 0 saturated heterocycles. The summed E-state index contributed by atoms with van der Waals surface area (Å²) in [6.07, 6.45) is 2.66. The van der Waals surface area contributed by atoms with Crippen molar-refractivity contribution in [2.75, 3.05) is 20.3 Å². The van der Waals surface area contributed by atoms with Crippen molar-refractivity contribution in [2.45, 2.75) is 20.3 Å². The van der Waals surface area contributed by atoms with E-state index in [9.17, 15) is 4.79 Å². The van der Waals surface area contributed by atoms with E-state index in [1.165, 1.54) is 0 Å². The van der Waals surface area contributed by atoms with Crippen LogP contribution in [-0.2, 0) is 4.74 Å². The van der Waals surface area contributed by atoms with E-state index in [2.05, 4.69) is 26.2 Å². The van der Waals surface area contributed by atoms with Gasteiger partial charge in [0.05, 0.1) is 5.69 Å². The monoisotopic (exact) mass is 339 g/mol. The first-order valence-electron chi connectivity index (χ1n) is 6.46. The Kier molecular flexibility index (Phi) is 4.77. The Balaban J connectivity index is 2.29. The number of nitrogens with zero attached hydrogens (tertiary/aromatic N) is 2. The van der Waals surface area contributed by atoms with Crippen molar-refractivity contribution >= 4 is 27.5 Å². The molecule has 20 heavy (non-hydrogen) atoms. The number of hydrogen-bond acceptors (Lipinski definition) is 3. The predicted octanol–water partition coefficient (Wildman–Crippen LogP) is 2.48. The second-order valence-corrected chi connectivity index (χ2v) is 5.60. The minimum Gasteiger partial charge on any atom is -0.385 e. The highest BCUT2D eigenvalue weighted by atomic mass is 79.9. The normalized spacial score (nSPS) is 11.0. The number of amides is 1. The van der Waals surface area contributed by atoms with E-state index < -0.39 is 0 Å². The van der Waals surface area contributed by atoms with Crippen LogP contribution in [0, 0.1) is 13.8 Å². The molecule has 0 bridgehead atoms. The van der Waals surface area contributed by atoms with Crippen LogP contribution < -0.4 is 5.32 Å². The first-order chi connectivity index (χ1) is 9.54. The standard InChI is InChI=1S/C14H18BrN3O2/c1-9-7-11(15)8-18-12(10(2)17-13(9)18)14(19)16-5-4-6-20-3/h7-8H,4-6H2,1-3H3,(H,16,19). The summed E-state index contributed by atoms with van der Waals surface area (Å²) in [5, 5.41) is 2.90. The summed E-state index contributed by atoms with van der Waals surface area (Å²) < 4.78 is 7.72. The highest BCUT2D eigenvalue weighted by Gasteiger charge is 2.17. The lowest BCUT2D eigenvalue weighted by molar-refractivity contribution is 0.0942. The van der Waals surface area contributed by atoms with E-state index >= 15 is 0 Å². The van der Waals surface area contributed by atoms with Gasteiger partial charge in [0.2, 0.25) is 0 Å². The molecule has 1 amide bonds.